The summed E-state index contributed by atoms with van der Waals surface area (Å²) in [6.45, 7) is 0. The fourth-order valence-electron chi connectivity index (χ4n) is 2.28. The number of hydrogen-bond donors (Lipinski definition) is 0. The Labute approximate surface area is 132 Å². The lowest BCUT2D eigenvalue weighted by atomic mass is 10.0. The van der Waals surface area contributed by atoms with Crippen LogP contribution < -0.4 is 4.74 Å². The van der Waals surface area contributed by atoms with Crippen molar-refractivity contribution in [3.63, 3.8) is 0 Å². The highest BCUT2D eigenvalue weighted by atomic mass is 35.5. The first-order chi connectivity index (χ1) is 10.7. The lowest BCUT2D eigenvalue weighted by molar-refractivity contribution is 0.107. The topological polar surface area (TPSA) is 44.1 Å². The van der Waals surface area contributed by atoms with Crippen LogP contribution in [0.5, 0.6) is 5.75 Å². The molecular formula is C17H13ClN2O2. The zero-order valence-corrected chi connectivity index (χ0v) is 12.6. The second kappa shape index (κ2) is 6.03. The zero-order chi connectivity index (χ0) is 15.5. The maximum absolute atomic E-state index is 11.1. The van der Waals surface area contributed by atoms with Gasteiger partial charge in [0.25, 0.3) is 5.24 Å². The molecule has 0 amide bonds. The van der Waals surface area contributed by atoms with Gasteiger partial charge in [-0.2, -0.15) is 0 Å². The van der Waals surface area contributed by atoms with Crippen molar-refractivity contribution in [3.8, 4) is 22.6 Å². The molecule has 0 atom stereocenters. The molecule has 3 rings (SSSR count). The molecule has 3 aromatic rings. The fraction of sp³-hybridized carbons (Fsp3) is 0.0588. The summed E-state index contributed by atoms with van der Waals surface area (Å²) < 4.78 is 7.16. The normalized spacial score (nSPS) is 10.5. The van der Waals surface area contributed by atoms with E-state index in [2.05, 4.69) is 4.98 Å². The summed E-state index contributed by atoms with van der Waals surface area (Å²) in [6.07, 6.45) is 3.17. The minimum atomic E-state index is -0.570. The zero-order valence-electron chi connectivity index (χ0n) is 11.9. The van der Waals surface area contributed by atoms with Crippen LogP contribution in [0, 0.1) is 0 Å². The van der Waals surface area contributed by atoms with Crippen LogP contribution in [-0.2, 0) is 0 Å². The van der Waals surface area contributed by atoms with Gasteiger partial charge >= 0.3 is 0 Å². The molecule has 1 heterocycles. The number of rotatable bonds is 4. The van der Waals surface area contributed by atoms with E-state index in [-0.39, 0.29) is 5.69 Å². The molecule has 110 valence electrons. The molecule has 0 N–H and O–H groups in total. The molecule has 0 spiro atoms. The Morgan fingerprint density at radius 3 is 2.73 bits per heavy atom. The smallest absolute Gasteiger partial charge is 0.272 e. The molecule has 22 heavy (non-hydrogen) atoms. The minimum Gasteiger partial charge on any atom is -0.496 e. The molecule has 5 heteroatoms. The van der Waals surface area contributed by atoms with Crippen LogP contribution in [0.4, 0.5) is 0 Å². The van der Waals surface area contributed by atoms with E-state index >= 15 is 0 Å². The van der Waals surface area contributed by atoms with E-state index in [0.717, 1.165) is 22.6 Å². The number of carbonyl (C=O) groups is 1. The van der Waals surface area contributed by atoms with Gasteiger partial charge in [0.15, 0.2) is 0 Å². The second-order valence-corrected chi connectivity index (χ2v) is 5.03. The van der Waals surface area contributed by atoms with Crippen molar-refractivity contribution >= 4 is 16.8 Å². The minimum absolute atomic E-state index is 0.226. The van der Waals surface area contributed by atoms with Crippen LogP contribution in [0.2, 0.25) is 0 Å². The van der Waals surface area contributed by atoms with Gasteiger partial charge in [0.1, 0.15) is 17.8 Å². The van der Waals surface area contributed by atoms with Gasteiger partial charge in [-0.05, 0) is 35.4 Å². The largest absolute Gasteiger partial charge is 0.496 e. The molecule has 0 aliphatic carbocycles. The van der Waals surface area contributed by atoms with Gasteiger partial charge in [0.05, 0.1) is 7.11 Å². The highest BCUT2D eigenvalue weighted by molar-refractivity contribution is 6.67. The van der Waals surface area contributed by atoms with Gasteiger partial charge in [0.2, 0.25) is 0 Å². The van der Waals surface area contributed by atoms with Crippen LogP contribution >= 0.6 is 11.6 Å². The number of carbonyl (C=O) groups excluding carboxylic acids is 1. The van der Waals surface area contributed by atoms with Gasteiger partial charge in [-0.15, -0.1) is 0 Å². The number of methoxy groups -OCH3 is 1. The average molecular weight is 313 g/mol. The van der Waals surface area contributed by atoms with Crippen LogP contribution in [0.1, 0.15) is 10.5 Å². The third kappa shape index (κ3) is 2.73. The molecule has 0 bridgehead atoms. The first-order valence-electron chi connectivity index (χ1n) is 6.66. The van der Waals surface area contributed by atoms with Crippen molar-refractivity contribution in [3.05, 3.63) is 66.7 Å². The Hall–Kier alpha value is -2.59. The lowest BCUT2D eigenvalue weighted by Crippen LogP contribution is -1.92. The van der Waals surface area contributed by atoms with Crippen molar-refractivity contribution in [1.82, 2.24) is 9.55 Å². The maximum atomic E-state index is 11.1. The quantitative estimate of drug-likeness (QED) is 0.686. The van der Waals surface area contributed by atoms with Gasteiger partial charge in [-0.3, -0.25) is 4.79 Å². The summed E-state index contributed by atoms with van der Waals surface area (Å²) in [6, 6.07) is 15.7. The van der Waals surface area contributed by atoms with Crippen molar-refractivity contribution in [1.29, 1.82) is 0 Å². The lowest BCUT2D eigenvalue weighted by Gasteiger charge is -2.10. The number of ether oxygens (including phenoxy) is 1. The predicted molar refractivity (Wildman–Crippen MR) is 85.7 cm³/mol. The highest BCUT2D eigenvalue weighted by Crippen LogP contribution is 2.30. The standard InChI is InChI=1S/C17H13ClN2O2/c1-22-16-8-3-2-7-14(16)12-5-4-6-13(9-12)20-10-15(17(18)21)19-11-20/h2-11H,1H3. The summed E-state index contributed by atoms with van der Waals surface area (Å²) in [5.74, 6) is 0.807. The van der Waals surface area contributed by atoms with E-state index in [0.29, 0.717) is 0 Å². The molecule has 0 unspecified atom stereocenters. The van der Waals surface area contributed by atoms with Gasteiger partial charge in [-0.25, -0.2) is 4.98 Å². The van der Waals surface area contributed by atoms with Crippen molar-refractivity contribution in [2.75, 3.05) is 7.11 Å². The number of nitrogens with zero attached hydrogens (tertiary/aromatic N) is 2. The number of benzene rings is 2. The molecule has 0 aliphatic rings. The SMILES string of the molecule is COc1ccccc1-c1cccc(-n2cnc(C(=O)Cl)c2)c1. The summed E-state index contributed by atoms with van der Waals surface area (Å²) in [7, 11) is 1.65. The van der Waals surface area contributed by atoms with E-state index in [1.807, 2.05) is 48.5 Å². The van der Waals surface area contributed by atoms with E-state index in [1.165, 1.54) is 0 Å². The van der Waals surface area contributed by atoms with Crippen LogP contribution in [0.3, 0.4) is 0 Å². The molecule has 2 aromatic carbocycles. The molecule has 0 aliphatic heterocycles. The van der Waals surface area contributed by atoms with Crippen LogP contribution in [0.25, 0.3) is 16.8 Å². The first kappa shape index (κ1) is 14.4. The van der Waals surface area contributed by atoms with Crippen LogP contribution in [0.15, 0.2) is 61.1 Å². The van der Waals surface area contributed by atoms with Gasteiger partial charge in [0, 0.05) is 17.4 Å². The predicted octanol–water partition coefficient (Wildman–Crippen LogP) is 3.93. The second-order valence-electron chi connectivity index (χ2n) is 4.69. The summed E-state index contributed by atoms with van der Waals surface area (Å²) in [4.78, 5) is 15.1. The van der Waals surface area contributed by atoms with E-state index in [1.54, 1.807) is 24.2 Å². The van der Waals surface area contributed by atoms with E-state index < -0.39 is 5.24 Å². The molecule has 0 saturated heterocycles. The van der Waals surface area contributed by atoms with Crippen molar-refractivity contribution < 1.29 is 9.53 Å². The average Bonchev–Trinajstić information content (AvgIpc) is 3.05. The third-order valence-electron chi connectivity index (χ3n) is 3.35. The Balaban J connectivity index is 2.04. The molecular weight excluding hydrogens is 300 g/mol. The van der Waals surface area contributed by atoms with E-state index in [9.17, 15) is 4.79 Å². The summed E-state index contributed by atoms with van der Waals surface area (Å²) in [5.41, 5.74) is 3.13. The molecule has 0 fully saturated rings. The number of imidazole rings is 1. The molecule has 1 aromatic heterocycles. The third-order valence-corrected chi connectivity index (χ3v) is 3.54. The number of hydrogen-bond acceptors (Lipinski definition) is 3. The number of aromatic nitrogens is 2. The Kier molecular flexibility index (Phi) is 3.94. The maximum Gasteiger partial charge on any atom is 0.272 e. The highest BCUT2D eigenvalue weighted by Gasteiger charge is 2.09. The molecule has 0 radical (unpaired) electrons. The van der Waals surface area contributed by atoms with Crippen LogP contribution in [-0.4, -0.2) is 21.9 Å². The first-order valence-corrected chi connectivity index (χ1v) is 7.04. The number of para-hydroxylation sites is 1. The fourth-order valence-corrected chi connectivity index (χ4v) is 2.38. The molecule has 0 saturated carbocycles. The van der Waals surface area contributed by atoms with Crippen molar-refractivity contribution in [2.24, 2.45) is 0 Å². The Morgan fingerprint density at radius 1 is 1.18 bits per heavy atom. The number of halogens is 1. The van der Waals surface area contributed by atoms with Gasteiger partial charge < -0.3 is 9.30 Å². The summed E-state index contributed by atoms with van der Waals surface area (Å²) in [5, 5.41) is -0.570. The Bertz CT molecular complexity index is 827. The van der Waals surface area contributed by atoms with Gasteiger partial charge in [-0.1, -0.05) is 30.3 Å². The molecule has 4 nitrogen and oxygen atoms in total. The van der Waals surface area contributed by atoms with Crippen molar-refractivity contribution in [2.45, 2.75) is 0 Å². The van der Waals surface area contributed by atoms with E-state index in [4.69, 9.17) is 16.3 Å². The monoisotopic (exact) mass is 312 g/mol. The Morgan fingerprint density at radius 2 is 2.00 bits per heavy atom. The summed E-state index contributed by atoms with van der Waals surface area (Å²) >= 11 is 5.44.